The van der Waals surface area contributed by atoms with Gasteiger partial charge in [-0.15, -0.1) is 0 Å². The summed E-state index contributed by atoms with van der Waals surface area (Å²) in [5.74, 6) is 0.566. The van der Waals surface area contributed by atoms with Gasteiger partial charge in [0.2, 0.25) is 5.28 Å². The van der Waals surface area contributed by atoms with Crippen LogP contribution >= 0.6 is 11.6 Å². The largest absolute Gasteiger partial charge is 0.363 e. The van der Waals surface area contributed by atoms with Crippen molar-refractivity contribution in [3.05, 3.63) is 29.0 Å². The molecule has 1 unspecified atom stereocenters. The Morgan fingerprint density at radius 1 is 1.53 bits per heavy atom. The van der Waals surface area contributed by atoms with Gasteiger partial charge >= 0.3 is 0 Å². The molecule has 1 aliphatic heterocycles. The van der Waals surface area contributed by atoms with Crippen molar-refractivity contribution >= 4 is 27.3 Å². The van der Waals surface area contributed by atoms with Crippen molar-refractivity contribution in [2.45, 2.75) is 6.04 Å². The zero-order chi connectivity index (χ0) is 10.9. The second-order valence-corrected chi connectivity index (χ2v) is 5.39. The van der Waals surface area contributed by atoms with Crippen LogP contribution in [0.15, 0.2) is 23.7 Å². The number of anilines is 1. The van der Waals surface area contributed by atoms with E-state index in [0.717, 1.165) is 0 Å². The van der Waals surface area contributed by atoms with E-state index in [0.29, 0.717) is 5.82 Å². The van der Waals surface area contributed by atoms with Crippen LogP contribution in [0.25, 0.3) is 0 Å². The van der Waals surface area contributed by atoms with Crippen LogP contribution in [0.1, 0.15) is 0 Å². The van der Waals surface area contributed by atoms with Crippen molar-refractivity contribution in [3.63, 3.8) is 0 Å². The molecule has 80 valence electrons. The van der Waals surface area contributed by atoms with Gasteiger partial charge in [0, 0.05) is 11.6 Å². The van der Waals surface area contributed by atoms with Crippen LogP contribution in [0.2, 0.25) is 5.28 Å². The maximum absolute atomic E-state index is 11.1. The molecule has 7 heteroatoms. The van der Waals surface area contributed by atoms with Gasteiger partial charge in [-0.25, -0.2) is 18.4 Å². The molecule has 1 aromatic heterocycles. The Morgan fingerprint density at radius 3 is 2.93 bits per heavy atom. The Bertz CT molecular complexity index is 500. The summed E-state index contributed by atoms with van der Waals surface area (Å²) in [4.78, 5) is 7.62. The first-order valence-electron chi connectivity index (χ1n) is 4.21. The number of nitrogens with zero attached hydrogens (tertiary/aromatic N) is 2. The van der Waals surface area contributed by atoms with E-state index in [1.54, 1.807) is 12.1 Å². The third kappa shape index (κ3) is 2.66. The van der Waals surface area contributed by atoms with Gasteiger partial charge in [0.25, 0.3) is 0 Å². The molecular weight excluding hydrogens is 238 g/mol. The summed E-state index contributed by atoms with van der Waals surface area (Å²) in [7, 11) is -3.05. The molecule has 0 saturated carbocycles. The standard InChI is InChI=1S/C8H8ClN3O2S/c9-8-10-3-1-7(12-8)11-6-2-4-15(13,14)5-6/h1-4,6H,5H2,(H,10,11,12). The minimum absolute atomic E-state index is 0.0502. The lowest BCUT2D eigenvalue weighted by molar-refractivity contribution is 0.605. The van der Waals surface area contributed by atoms with E-state index in [1.165, 1.54) is 11.6 Å². The molecule has 0 saturated heterocycles. The van der Waals surface area contributed by atoms with Crippen LogP contribution in [0, 0.1) is 0 Å². The highest BCUT2D eigenvalue weighted by molar-refractivity contribution is 7.94. The highest BCUT2D eigenvalue weighted by Crippen LogP contribution is 2.13. The van der Waals surface area contributed by atoms with Crippen molar-refractivity contribution < 1.29 is 8.42 Å². The Morgan fingerprint density at radius 2 is 2.33 bits per heavy atom. The molecule has 0 amide bonds. The molecule has 1 aromatic rings. The predicted molar refractivity (Wildman–Crippen MR) is 57.4 cm³/mol. The molecule has 2 heterocycles. The van der Waals surface area contributed by atoms with Gasteiger partial charge in [-0.3, -0.25) is 0 Å². The number of rotatable bonds is 2. The topological polar surface area (TPSA) is 72.0 Å². The maximum atomic E-state index is 11.1. The van der Waals surface area contributed by atoms with E-state index in [-0.39, 0.29) is 17.1 Å². The number of aromatic nitrogens is 2. The molecule has 0 bridgehead atoms. The van der Waals surface area contributed by atoms with E-state index in [4.69, 9.17) is 11.6 Å². The lowest BCUT2D eigenvalue weighted by Crippen LogP contribution is -2.21. The van der Waals surface area contributed by atoms with Crippen molar-refractivity contribution in [2.24, 2.45) is 0 Å². The molecule has 0 aliphatic carbocycles. The Hall–Kier alpha value is -1.14. The first-order chi connectivity index (χ1) is 7.05. The van der Waals surface area contributed by atoms with Gasteiger partial charge < -0.3 is 5.32 Å². The smallest absolute Gasteiger partial charge is 0.224 e. The van der Waals surface area contributed by atoms with E-state index in [9.17, 15) is 8.42 Å². The highest BCUT2D eigenvalue weighted by atomic mass is 35.5. The molecule has 1 aliphatic rings. The van der Waals surface area contributed by atoms with Gasteiger partial charge in [0.1, 0.15) is 5.82 Å². The summed E-state index contributed by atoms with van der Waals surface area (Å²) in [6.45, 7) is 0. The number of nitrogens with one attached hydrogen (secondary N) is 1. The highest BCUT2D eigenvalue weighted by Gasteiger charge is 2.21. The number of hydrogen-bond donors (Lipinski definition) is 1. The summed E-state index contributed by atoms with van der Waals surface area (Å²) in [6, 6.07) is 1.38. The zero-order valence-electron chi connectivity index (χ0n) is 7.59. The molecular formula is C8H8ClN3O2S. The first-order valence-corrected chi connectivity index (χ1v) is 6.30. The van der Waals surface area contributed by atoms with Gasteiger partial charge in [0.05, 0.1) is 11.8 Å². The first kappa shape index (κ1) is 10.4. The van der Waals surface area contributed by atoms with E-state index in [1.807, 2.05) is 0 Å². The molecule has 0 aromatic carbocycles. The van der Waals surface area contributed by atoms with Crippen molar-refractivity contribution in [2.75, 3.05) is 11.1 Å². The van der Waals surface area contributed by atoms with E-state index in [2.05, 4.69) is 15.3 Å². The third-order valence-electron chi connectivity index (χ3n) is 1.89. The van der Waals surface area contributed by atoms with Crippen LogP contribution in [0.4, 0.5) is 5.82 Å². The number of sulfone groups is 1. The van der Waals surface area contributed by atoms with Crippen LogP contribution in [-0.2, 0) is 9.84 Å². The Labute approximate surface area is 92.1 Å². The summed E-state index contributed by atoms with van der Waals surface area (Å²) in [6.07, 6.45) is 3.09. The molecule has 1 N–H and O–H groups in total. The summed E-state index contributed by atoms with van der Waals surface area (Å²) < 4.78 is 22.2. The Kier molecular flexibility index (Phi) is 2.62. The fraction of sp³-hybridized carbons (Fsp3) is 0.250. The molecule has 0 fully saturated rings. The molecule has 1 atom stereocenters. The van der Waals surface area contributed by atoms with Crippen LogP contribution in [0.5, 0.6) is 0 Å². The molecule has 5 nitrogen and oxygen atoms in total. The normalized spacial score (nSPS) is 22.9. The molecule has 0 radical (unpaired) electrons. The Balaban J connectivity index is 2.09. The van der Waals surface area contributed by atoms with Crippen molar-refractivity contribution in [1.29, 1.82) is 0 Å². The van der Waals surface area contributed by atoms with Crippen molar-refractivity contribution in [1.82, 2.24) is 9.97 Å². The fourth-order valence-electron chi connectivity index (χ4n) is 1.27. The fourth-order valence-corrected chi connectivity index (χ4v) is 2.65. The maximum Gasteiger partial charge on any atom is 0.224 e. The van der Waals surface area contributed by atoms with Crippen LogP contribution < -0.4 is 5.32 Å². The van der Waals surface area contributed by atoms with E-state index < -0.39 is 9.84 Å². The quantitative estimate of drug-likeness (QED) is 0.783. The minimum atomic E-state index is -3.05. The SMILES string of the molecule is O=S1(=O)C=CC(Nc2ccnc(Cl)n2)C1. The second kappa shape index (κ2) is 3.79. The second-order valence-electron chi connectivity index (χ2n) is 3.12. The lowest BCUT2D eigenvalue weighted by Gasteiger charge is -2.09. The summed E-state index contributed by atoms with van der Waals surface area (Å²) in [5, 5.41) is 4.27. The average Bonchev–Trinajstić information content (AvgIpc) is 2.45. The summed E-state index contributed by atoms with van der Waals surface area (Å²) >= 11 is 5.59. The molecule has 0 spiro atoms. The van der Waals surface area contributed by atoms with E-state index >= 15 is 0 Å². The summed E-state index contributed by atoms with van der Waals surface area (Å²) in [5.41, 5.74) is 0. The van der Waals surface area contributed by atoms with Crippen LogP contribution in [-0.4, -0.2) is 30.2 Å². The average molecular weight is 246 g/mol. The number of halogens is 1. The van der Waals surface area contributed by atoms with Gasteiger partial charge in [0.15, 0.2) is 9.84 Å². The minimum Gasteiger partial charge on any atom is -0.363 e. The third-order valence-corrected chi connectivity index (χ3v) is 3.47. The van der Waals surface area contributed by atoms with Crippen LogP contribution in [0.3, 0.4) is 0 Å². The van der Waals surface area contributed by atoms with Gasteiger partial charge in [-0.05, 0) is 23.7 Å². The molecule has 15 heavy (non-hydrogen) atoms. The zero-order valence-corrected chi connectivity index (χ0v) is 9.16. The van der Waals surface area contributed by atoms with Gasteiger partial charge in [-0.2, -0.15) is 0 Å². The van der Waals surface area contributed by atoms with Crippen molar-refractivity contribution in [3.8, 4) is 0 Å². The number of hydrogen-bond acceptors (Lipinski definition) is 5. The lowest BCUT2D eigenvalue weighted by atomic mass is 10.3. The predicted octanol–water partition coefficient (Wildman–Crippen LogP) is 0.853. The van der Waals surface area contributed by atoms with Gasteiger partial charge in [-0.1, -0.05) is 0 Å². The monoisotopic (exact) mass is 245 g/mol. The molecule has 2 rings (SSSR count).